The number of hydrogen-bond acceptors (Lipinski definition) is 1. The van der Waals surface area contributed by atoms with Gasteiger partial charge in [-0.05, 0) is 55.4 Å². The van der Waals surface area contributed by atoms with Crippen LogP contribution in [0.15, 0.2) is 18.2 Å². The second-order valence-corrected chi connectivity index (χ2v) is 6.33. The van der Waals surface area contributed by atoms with Crippen LogP contribution in [0.25, 0.3) is 11.0 Å². The van der Waals surface area contributed by atoms with Crippen LogP contribution in [0.5, 0.6) is 0 Å². The number of imidazole rings is 1. The minimum Gasteiger partial charge on any atom is -0.330 e. The van der Waals surface area contributed by atoms with Crippen LogP contribution in [0, 0.1) is 23.5 Å². The molecular weight excluding hydrogens is 252 g/mol. The van der Waals surface area contributed by atoms with Gasteiger partial charge in [-0.1, -0.05) is 32.4 Å². The normalized spacial score (nSPS) is 27.2. The Morgan fingerprint density at radius 3 is 2.84 bits per heavy atom. The largest absolute Gasteiger partial charge is 0.330 e. The van der Waals surface area contributed by atoms with E-state index in [4.69, 9.17) is 12.2 Å². The van der Waals surface area contributed by atoms with E-state index < -0.39 is 0 Å². The molecule has 0 bridgehead atoms. The van der Waals surface area contributed by atoms with Crippen LogP contribution in [-0.2, 0) is 0 Å². The summed E-state index contributed by atoms with van der Waals surface area (Å²) in [6, 6.07) is 7.03. The molecule has 1 aromatic carbocycles. The van der Waals surface area contributed by atoms with Crippen molar-refractivity contribution >= 4 is 23.3 Å². The van der Waals surface area contributed by atoms with E-state index in [1.54, 1.807) is 0 Å². The van der Waals surface area contributed by atoms with Gasteiger partial charge in [0, 0.05) is 6.04 Å². The molecule has 1 fully saturated rings. The maximum atomic E-state index is 5.58. The van der Waals surface area contributed by atoms with Gasteiger partial charge in [0.25, 0.3) is 0 Å². The Balaban J connectivity index is 2.14. The lowest BCUT2D eigenvalue weighted by Gasteiger charge is -2.21. The smallest absolute Gasteiger partial charge is 0.178 e. The lowest BCUT2D eigenvalue weighted by molar-refractivity contribution is 0.332. The molecule has 1 aromatic heterocycles. The Kier molecular flexibility index (Phi) is 3.25. The zero-order valence-corrected chi connectivity index (χ0v) is 12.8. The number of aromatic amines is 1. The van der Waals surface area contributed by atoms with Crippen LogP contribution in [0.2, 0.25) is 0 Å². The maximum absolute atomic E-state index is 5.58. The lowest BCUT2D eigenvalue weighted by Crippen LogP contribution is -2.15. The molecular formula is C16H22N2S. The third-order valence-corrected chi connectivity index (χ3v) is 5.30. The quantitative estimate of drug-likeness (QED) is 0.764. The summed E-state index contributed by atoms with van der Waals surface area (Å²) < 4.78 is 3.26. The van der Waals surface area contributed by atoms with Crippen molar-refractivity contribution in [3.8, 4) is 0 Å². The molecule has 1 N–H and O–H groups in total. The first-order chi connectivity index (χ1) is 9.13. The van der Waals surface area contributed by atoms with Crippen molar-refractivity contribution in [2.45, 2.75) is 46.1 Å². The fraction of sp³-hybridized carbons (Fsp3) is 0.562. The molecule has 1 aliphatic carbocycles. The first kappa shape index (κ1) is 12.9. The number of nitrogens with one attached hydrogen (secondary N) is 1. The molecule has 2 aromatic rings. The summed E-state index contributed by atoms with van der Waals surface area (Å²) in [7, 11) is 0. The summed E-state index contributed by atoms with van der Waals surface area (Å²) in [5.74, 6) is 1.57. The van der Waals surface area contributed by atoms with E-state index in [0.29, 0.717) is 6.04 Å². The predicted octanol–water partition coefficient (Wildman–Crippen LogP) is 5.00. The number of rotatable bonds is 2. The van der Waals surface area contributed by atoms with E-state index in [9.17, 15) is 0 Å². The molecule has 2 nitrogen and oxygen atoms in total. The zero-order valence-electron chi connectivity index (χ0n) is 11.9. The molecule has 0 amide bonds. The minimum atomic E-state index is 0.563. The Labute approximate surface area is 119 Å². The highest BCUT2D eigenvalue weighted by Crippen LogP contribution is 2.43. The molecule has 0 saturated heterocycles. The van der Waals surface area contributed by atoms with Crippen LogP contribution < -0.4 is 0 Å². The van der Waals surface area contributed by atoms with Crippen molar-refractivity contribution in [2.75, 3.05) is 0 Å². The average molecular weight is 274 g/mol. The molecule has 1 saturated carbocycles. The Bertz CT molecular complexity index is 652. The van der Waals surface area contributed by atoms with Crippen molar-refractivity contribution < 1.29 is 0 Å². The minimum absolute atomic E-state index is 0.563. The van der Waals surface area contributed by atoms with Gasteiger partial charge in [-0.25, -0.2) is 0 Å². The zero-order chi connectivity index (χ0) is 13.6. The van der Waals surface area contributed by atoms with Gasteiger partial charge < -0.3 is 9.55 Å². The number of benzene rings is 1. The standard InChI is InChI=1S/C16H22N2S/c1-4-12-8-9-13(11(12)3)18-14-7-5-6-10(2)15(14)17-16(18)19/h5-7,11-13H,4,8-9H2,1-3H3,(H,17,19). The van der Waals surface area contributed by atoms with E-state index >= 15 is 0 Å². The van der Waals surface area contributed by atoms with E-state index in [1.165, 1.54) is 35.9 Å². The summed E-state index contributed by atoms with van der Waals surface area (Å²) in [4.78, 5) is 3.40. The summed E-state index contributed by atoms with van der Waals surface area (Å²) in [5, 5.41) is 0. The van der Waals surface area contributed by atoms with Crippen LogP contribution in [0.4, 0.5) is 0 Å². The van der Waals surface area contributed by atoms with Gasteiger partial charge in [-0.15, -0.1) is 0 Å². The van der Waals surface area contributed by atoms with Crippen LogP contribution in [0.3, 0.4) is 0 Å². The molecule has 102 valence electrons. The van der Waals surface area contributed by atoms with Crippen LogP contribution >= 0.6 is 12.2 Å². The Morgan fingerprint density at radius 1 is 1.37 bits per heavy atom. The molecule has 19 heavy (non-hydrogen) atoms. The summed E-state index contributed by atoms with van der Waals surface area (Å²) in [5.41, 5.74) is 3.76. The number of para-hydroxylation sites is 1. The Hall–Kier alpha value is -1.09. The summed E-state index contributed by atoms with van der Waals surface area (Å²) in [6.07, 6.45) is 3.88. The lowest BCUT2D eigenvalue weighted by atomic mass is 9.93. The highest BCUT2D eigenvalue weighted by Gasteiger charge is 2.33. The van der Waals surface area contributed by atoms with Crippen molar-refractivity contribution in [1.29, 1.82) is 0 Å². The van der Waals surface area contributed by atoms with E-state index in [-0.39, 0.29) is 0 Å². The average Bonchev–Trinajstić information content (AvgIpc) is 2.90. The molecule has 3 atom stereocenters. The van der Waals surface area contributed by atoms with Gasteiger partial charge in [0.1, 0.15) is 0 Å². The predicted molar refractivity (Wildman–Crippen MR) is 83.1 cm³/mol. The second kappa shape index (κ2) is 4.78. The third kappa shape index (κ3) is 1.95. The molecule has 0 radical (unpaired) electrons. The first-order valence-corrected chi connectivity index (χ1v) is 7.74. The fourth-order valence-electron chi connectivity index (χ4n) is 3.79. The van der Waals surface area contributed by atoms with Crippen molar-refractivity contribution in [3.63, 3.8) is 0 Å². The Morgan fingerprint density at radius 2 is 2.16 bits per heavy atom. The topological polar surface area (TPSA) is 20.7 Å². The van der Waals surface area contributed by atoms with Gasteiger partial charge in [0.05, 0.1) is 11.0 Å². The molecule has 3 unspecified atom stereocenters. The highest BCUT2D eigenvalue weighted by atomic mass is 32.1. The van der Waals surface area contributed by atoms with E-state index in [2.05, 4.69) is 48.5 Å². The third-order valence-electron chi connectivity index (χ3n) is 5.00. The summed E-state index contributed by atoms with van der Waals surface area (Å²) >= 11 is 5.58. The SMILES string of the molecule is CCC1CCC(n2c(=S)[nH]c3c(C)cccc32)C1C. The number of aryl methyl sites for hydroxylation is 1. The van der Waals surface area contributed by atoms with Crippen molar-refractivity contribution in [1.82, 2.24) is 9.55 Å². The molecule has 3 rings (SSSR count). The second-order valence-electron chi connectivity index (χ2n) is 5.94. The monoisotopic (exact) mass is 274 g/mol. The van der Waals surface area contributed by atoms with Crippen molar-refractivity contribution in [3.05, 3.63) is 28.5 Å². The van der Waals surface area contributed by atoms with Gasteiger partial charge in [0.15, 0.2) is 4.77 Å². The van der Waals surface area contributed by atoms with E-state index in [1.807, 2.05) is 0 Å². The van der Waals surface area contributed by atoms with Crippen LogP contribution in [0.1, 0.15) is 44.7 Å². The summed E-state index contributed by atoms with van der Waals surface area (Å²) in [6.45, 7) is 6.84. The number of aromatic nitrogens is 2. The van der Waals surface area contributed by atoms with Crippen molar-refractivity contribution in [2.24, 2.45) is 11.8 Å². The maximum Gasteiger partial charge on any atom is 0.178 e. The van der Waals surface area contributed by atoms with Gasteiger partial charge in [-0.3, -0.25) is 0 Å². The van der Waals surface area contributed by atoms with E-state index in [0.717, 1.165) is 16.6 Å². The fourth-order valence-corrected chi connectivity index (χ4v) is 4.12. The molecule has 0 spiro atoms. The first-order valence-electron chi connectivity index (χ1n) is 7.33. The number of hydrogen-bond donors (Lipinski definition) is 1. The molecule has 1 heterocycles. The molecule has 3 heteroatoms. The highest BCUT2D eigenvalue weighted by molar-refractivity contribution is 7.71. The number of fused-ring (bicyclic) bond motifs is 1. The molecule has 1 aliphatic rings. The molecule has 0 aliphatic heterocycles. The van der Waals surface area contributed by atoms with Gasteiger partial charge in [0.2, 0.25) is 0 Å². The van der Waals surface area contributed by atoms with Gasteiger partial charge >= 0.3 is 0 Å². The van der Waals surface area contributed by atoms with Gasteiger partial charge in [-0.2, -0.15) is 0 Å². The number of H-pyrrole nitrogens is 1. The number of nitrogens with zero attached hydrogens (tertiary/aromatic N) is 1. The van der Waals surface area contributed by atoms with Crippen LogP contribution in [-0.4, -0.2) is 9.55 Å².